The van der Waals surface area contributed by atoms with E-state index in [0.29, 0.717) is 53.1 Å². The fourth-order valence-corrected chi connectivity index (χ4v) is 4.13. The molecule has 0 radical (unpaired) electrons. The van der Waals surface area contributed by atoms with Crippen LogP contribution in [0.5, 0.6) is 0 Å². The van der Waals surface area contributed by atoms with E-state index in [-0.39, 0.29) is 11.9 Å². The average molecular weight is 465 g/mol. The molecule has 0 saturated heterocycles. The molecule has 0 aliphatic heterocycles. The number of fused-ring (bicyclic) bond motifs is 1. The van der Waals surface area contributed by atoms with Gasteiger partial charge in [0.2, 0.25) is 0 Å². The lowest BCUT2D eigenvalue weighted by Crippen LogP contribution is -2.44. The van der Waals surface area contributed by atoms with Crippen molar-refractivity contribution in [1.82, 2.24) is 30.4 Å². The molecule has 0 aromatic carbocycles. The quantitative estimate of drug-likeness (QED) is 0.497. The molecule has 9 heteroatoms. The zero-order valence-corrected chi connectivity index (χ0v) is 20.2. The maximum Gasteiger partial charge on any atom is 0.407 e. The van der Waals surface area contributed by atoms with Crippen molar-refractivity contribution >= 4 is 23.0 Å². The van der Waals surface area contributed by atoms with E-state index in [1.165, 1.54) is 0 Å². The maximum atomic E-state index is 13.4. The zero-order chi connectivity index (χ0) is 24.2. The van der Waals surface area contributed by atoms with Crippen molar-refractivity contribution in [3.8, 4) is 5.82 Å². The SMILES string of the molecule is CCOC(=O)NC(CNC(=O)c1cc(C2CC2)nc2c1c(C)nn2-c1ccccn1)CC(C)C. The molecule has 2 N–H and O–H groups in total. The van der Waals surface area contributed by atoms with E-state index in [2.05, 4.69) is 34.6 Å². The summed E-state index contributed by atoms with van der Waals surface area (Å²) >= 11 is 0. The number of alkyl carbamates (subject to hydrolysis) is 1. The number of amides is 2. The lowest BCUT2D eigenvalue weighted by molar-refractivity contribution is 0.0946. The summed E-state index contributed by atoms with van der Waals surface area (Å²) in [5.41, 5.74) is 2.79. The first-order valence-electron chi connectivity index (χ1n) is 11.9. The van der Waals surface area contributed by atoms with Crippen LogP contribution in [-0.4, -0.2) is 50.9 Å². The largest absolute Gasteiger partial charge is 0.450 e. The van der Waals surface area contributed by atoms with Crippen molar-refractivity contribution in [2.75, 3.05) is 13.2 Å². The number of pyridine rings is 2. The van der Waals surface area contributed by atoms with Crippen LogP contribution in [0.1, 0.15) is 67.7 Å². The van der Waals surface area contributed by atoms with Gasteiger partial charge in [-0.2, -0.15) is 9.78 Å². The van der Waals surface area contributed by atoms with Crippen LogP contribution in [0.4, 0.5) is 4.79 Å². The van der Waals surface area contributed by atoms with Gasteiger partial charge in [0.15, 0.2) is 11.5 Å². The van der Waals surface area contributed by atoms with E-state index < -0.39 is 6.09 Å². The van der Waals surface area contributed by atoms with Gasteiger partial charge in [0, 0.05) is 30.4 Å². The second kappa shape index (κ2) is 10.2. The van der Waals surface area contributed by atoms with Gasteiger partial charge in [-0.3, -0.25) is 4.79 Å². The van der Waals surface area contributed by atoms with E-state index >= 15 is 0 Å². The normalized spacial score (nSPS) is 14.3. The predicted octanol–water partition coefficient (Wildman–Crippen LogP) is 3.89. The number of hydrogen-bond acceptors (Lipinski definition) is 6. The van der Waals surface area contributed by atoms with E-state index in [4.69, 9.17) is 9.72 Å². The smallest absolute Gasteiger partial charge is 0.407 e. The van der Waals surface area contributed by atoms with Crippen molar-refractivity contribution < 1.29 is 14.3 Å². The second-order valence-corrected chi connectivity index (χ2v) is 9.15. The summed E-state index contributed by atoms with van der Waals surface area (Å²) < 4.78 is 6.73. The molecule has 34 heavy (non-hydrogen) atoms. The summed E-state index contributed by atoms with van der Waals surface area (Å²) in [6, 6.07) is 7.27. The molecular weight excluding hydrogens is 432 g/mol. The Hall–Kier alpha value is -3.49. The maximum absolute atomic E-state index is 13.4. The summed E-state index contributed by atoms with van der Waals surface area (Å²) in [5.74, 6) is 1.15. The summed E-state index contributed by atoms with van der Waals surface area (Å²) in [5, 5.41) is 11.2. The van der Waals surface area contributed by atoms with E-state index in [1.54, 1.807) is 17.8 Å². The first kappa shape index (κ1) is 23.7. The topological polar surface area (TPSA) is 111 Å². The Morgan fingerprint density at radius 3 is 2.71 bits per heavy atom. The first-order valence-corrected chi connectivity index (χ1v) is 11.9. The van der Waals surface area contributed by atoms with Crippen LogP contribution in [-0.2, 0) is 4.74 Å². The highest BCUT2D eigenvalue weighted by molar-refractivity contribution is 6.06. The number of rotatable bonds is 9. The van der Waals surface area contributed by atoms with Crippen LogP contribution in [0.15, 0.2) is 30.5 Å². The van der Waals surface area contributed by atoms with E-state index in [0.717, 1.165) is 25.0 Å². The van der Waals surface area contributed by atoms with Crippen LogP contribution in [0.25, 0.3) is 16.9 Å². The molecule has 1 fully saturated rings. The molecule has 3 aromatic heterocycles. The van der Waals surface area contributed by atoms with E-state index in [1.807, 2.05) is 31.2 Å². The van der Waals surface area contributed by atoms with Crippen LogP contribution in [0.3, 0.4) is 0 Å². The van der Waals surface area contributed by atoms with Gasteiger partial charge < -0.3 is 15.4 Å². The fourth-order valence-electron chi connectivity index (χ4n) is 4.13. The van der Waals surface area contributed by atoms with Gasteiger partial charge in [-0.1, -0.05) is 19.9 Å². The molecule has 1 aliphatic carbocycles. The molecule has 1 saturated carbocycles. The van der Waals surface area contributed by atoms with Crippen LogP contribution < -0.4 is 10.6 Å². The third kappa shape index (κ3) is 5.35. The number of aromatic nitrogens is 4. The lowest BCUT2D eigenvalue weighted by atomic mass is 10.0. The summed E-state index contributed by atoms with van der Waals surface area (Å²) in [6.07, 6.45) is 4.08. The number of carbonyl (C=O) groups is 2. The van der Waals surface area contributed by atoms with Gasteiger partial charge in [0.25, 0.3) is 5.91 Å². The van der Waals surface area contributed by atoms with Gasteiger partial charge in [-0.25, -0.2) is 14.8 Å². The lowest BCUT2D eigenvalue weighted by Gasteiger charge is -2.21. The Bertz CT molecular complexity index is 1170. The van der Waals surface area contributed by atoms with Crippen molar-refractivity contribution in [2.45, 2.75) is 58.9 Å². The third-order valence-electron chi connectivity index (χ3n) is 5.80. The molecule has 4 rings (SSSR count). The minimum Gasteiger partial charge on any atom is -0.450 e. The van der Waals surface area contributed by atoms with Gasteiger partial charge in [-0.05, 0) is 57.2 Å². The Labute approximate surface area is 199 Å². The number of carbonyl (C=O) groups excluding carboxylic acids is 2. The van der Waals surface area contributed by atoms with E-state index in [9.17, 15) is 9.59 Å². The third-order valence-corrected chi connectivity index (χ3v) is 5.80. The molecule has 1 unspecified atom stereocenters. The summed E-state index contributed by atoms with van der Waals surface area (Å²) in [7, 11) is 0. The van der Waals surface area contributed by atoms with Gasteiger partial charge in [-0.15, -0.1) is 0 Å². The molecule has 3 heterocycles. The first-order chi connectivity index (χ1) is 16.4. The monoisotopic (exact) mass is 464 g/mol. The van der Waals surface area contributed by atoms with Crippen molar-refractivity contribution in [3.05, 3.63) is 47.4 Å². The molecule has 2 amide bonds. The number of aryl methyl sites for hydroxylation is 1. The average Bonchev–Trinajstić information content (AvgIpc) is 3.61. The predicted molar refractivity (Wildman–Crippen MR) is 129 cm³/mol. The van der Waals surface area contributed by atoms with Gasteiger partial charge in [0.05, 0.1) is 23.3 Å². The van der Waals surface area contributed by atoms with Gasteiger partial charge >= 0.3 is 6.09 Å². The Morgan fingerprint density at radius 2 is 2.06 bits per heavy atom. The molecule has 3 aromatic rings. The molecular formula is C25H32N6O3. The Balaban J connectivity index is 1.64. The van der Waals surface area contributed by atoms with Crippen LogP contribution >= 0.6 is 0 Å². The van der Waals surface area contributed by atoms with Gasteiger partial charge in [0.1, 0.15) is 0 Å². The molecule has 180 valence electrons. The summed E-state index contributed by atoms with van der Waals surface area (Å²) in [6.45, 7) is 8.38. The molecule has 1 aliphatic rings. The van der Waals surface area contributed by atoms with Crippen molar-refractivity contribution in [2.24, 2.45) is 5.92 Å². The molecule has 1 atom stereocenters. The van der Waals surface area contributed by atoms with Crippen molar-refractivity contribution in [3.63, 3.8) is 0 Å². The molecule has 0 bridgehead atoms. The minimum absolute atomic E-state index is 0.211. The van der Waals surface area contributed by atoms with Crippen LogP contribution in [0, 0.1) is 12.8 Å². The highest BCUT2D eigenvalue weighted by Crippen LogP contribution is 2.40. The Morgan fingerprint density at radius 1 is 1.26 bits per heavy atom. The second-order valence-electron chi connectivity index (χ2n) is 9.15. The van der Waals surface area contributed by atoms with Crippen molar-refractivity contribution in [1.29, 1.82) is 0 Å². The number of nitrogens with one attached hydrogen (secondary N) is 2. The number of ether oxygens (including phenoxy) is 1. The minimum atomic E-state index is -0.475. The zero-order valence-electron chi connectivity index (χ0n) is 20.2. The Kier molecular flexibility index (Phi) is 7.09. The number of nitrogens with zero attached hydrogens (tertiary/aromatic N) is 4. The van der Waals surface area contributed by atoms with Crippen LogP contribution in [0.2, 0.25) is 0 Å². The summed E-state index contributed by atoms with van der Waals surface area (Å²) in [4.78, 5) is 34.7. The molecule has 0 spiro atoms. The number of hydrogen-bond donors (Lipinski definition) is 2. The highest BCUT2D eigenvalue weighted by Gasteiger charge is 2.29. The highest BCUT2D eigenvalue weighted by atomic mass is 16.5. The standard InChI is InChI=1S/C25H32N6O3/c1-5-34-25(33)28-18(12-15(2)3)14-27-24(32)19-13-20(17-9-10-17)29-23-22(19)16(4)30-31(23)21-8-6-7-11-26-21/h6-8,11,13,15,17-18H,5,9-10,12,14H2,1-4H3,(H,27,32)(H,28,33). The fraction of sp³-hybridized carbons (Fsp3) is 0.480. The molecule has 9 nitrogen and oxygen atoms in total.